The summed E-state index contributed by atoms with van der Waals surface area (Å²) in [7, 11) is 0. The molecule has 0 bridgehead atoms. The van der Waals surface area contributed by atoms with Crippen LogP contribution in [0.25, 0.3) is 0 Å². The fraction of sp³-hybridized carbons (Fsp3) is 0.484. The van der Waals surface area contributed by atoms with Crippen LogP contribution in [-0.4, -0.2) is 58.6 Å². The highest BCUT2D eigenvalue weighted by molar-refractivity contribution is 5.90. The molecule has 1 aliphatic heterocycles. The molecular formula is C31H37F2N3O6. The van der Waals surface area contributed by atoms with Crippen LogP contribution in [0, 0.1) is 23.5 Å². The third-order valence-corrected chi connectivity index (χ3v) is 8.09. The number of carboxylic acids is 1. The zero-order valence-corrected chi connectivity index (χ0v) is 23.9. The Balaban J connectivity index is 1.57. The van der Waals surface area contributed by atoms with Crippen molar-refractivity contribution in [2.24, 2.45) is 17.6 Å². The number of hydrogen-bond donors (Lipinski definition) is 3. The fourth-order valence-corrected chi connectivity index (χ4v) is 6.22. The minimum atomic E-state index is -1.63. The maximum Gasteiger partial charge on any atom is 0.407 e. The van der Waals surface area contributed by atoms with Crippen LogP contribution in [-0.2, 0) is 14.3 Å². The number of benzene rings is 2. The summed E-state index contributed by atoms with van der Waals surface area (Å²) >= 11 is 0. The maximum absolute atomic E-state index is 15.5. The van der Waals surface area contributed by atoms with Crippen molar-refractivity contribution < 1.29 is 37.8 Å². The molecule has 9 nitrogen and oxygen atoms in total. The Labute approximate surface area is 243 Å². The number of nitrogens with one attached hydrogen (secondary N) is 1. The molecule has 226 valence electrons. The highest BCUT2D eigenvalue weighted by atomic mass is 19.1. The summed E-state index contributed by atoms with van der Waals surface area (Å²) in [5, 5.41) is 12.2. The first-order chi connectivity index (χ1) is 19.8. The summed E-state index contributed by atoms with van der Waals surface area (Å²) in [6, 6.07) is 9.05. The molecule has 4 rings (SSSR count). The molecule has 2 aromatic carbocycles. The van der Waals surface area contributed by atoms with Gasteiger partial charge in [-0.2, -0.15) is 0 Å². The molecule has 3 amide bonds. The van der Waals surface area contributed by atoms with Gasteiger partial charge in [-0.3, -0.25) is 9.59 Å². The Hall–Kier alpha value is -4.02. The lowest BCUT2D eigenvalue weighted by Gasteiger charge is -2.33. The Morgan fingerprint density at radius 3 is 2.26 bits per heavy atom. The van der Waals surface area contributed by atoms with Crippen molar-refractivity contribution in [1.29, 1.82) is 0 Å². The molecule has 3 atom stereocenters. The number of aromatic carboxylic acids is 1. The number of carbonyl (C=O) groups excluding carboxylic acids is 3. The molecule has 2 aliphatic rings. The number of alkyl carbamates (subject to hydrolysis) is 1. The molecule has 2 aromatic rings. The van der Waals surface area contributed by atoms with E-state index in [9.17, 15) is 28.7 Å². The normalized spacial score (nSPS) is 24.2. The predicted octanol–water partition coefficient (Wildman–Crippen LogP) is 4.56. The van der Waals surface area contributed by atoms with Crippen molar-refractivity contribution in [1.82, 2.24) is 10.2 Å². The second-order valence-corrected chi connectivity index (χ2v) is 12.1. The molecule has 11 heteroatoms. The van der Waals surface area contributed by atoms with Gasteiger partial charge in [-0.15, -0.1) is 0 Å². The summed E-state index contributed by atoms with van der Waals surface area (Å²) in [6.45, 7) is 5.61. The van der Waals surface area contributed by atoms with Crippen LogP contribution in [0.5, 0.6) is 0 Å². The second kappa shape index (κ2) is 12.5. The molecule has 1 aliphatic carbocycles. The highest BCUT2D eigenvalue weighted by Crippen LogP contribution is 2.46. The molecule has 1 saturated carbocycles. The third-order valence-electron chi connectivity index (χ3n) is 8.09. The van der Waals surface area contributed by atoms with Crippen molar-refractivity contribution in [3.8, 4) is 0 Å². The van der Waals surface area contributed by atoms with Crippen LogP contribution in [0.3, 0.4) is 0 Å². The number of hydrogen-bond acceptors (Lipinski definition) is 5. The van der Waals surface area contributed by atoms with E-state index >= 15 is 4.39 Å². The number of primary amides is 1. The third kappa shape index (κ3) is 6.88. The lowest BCUT2D eigenvalue weighted by Crippen LogP contribution is -2.48. The Morgan fingerprint density at radius 2 is 1.69 bits per heavy atom. The molecule has 1 saturated heterocycles. The molecule has 4 N–H and O–H groups in total. The molecule has 0 aromatic heterocycles. The Bertz CT molecular complexity index is 1340. The number of carboxylic acid groups (broad SMARTS) is 1. The van der Waals surface area contributed by atoms with E-state index in [-0.39, 0.29) is 23.9 Å². The highest BCUT2D eigenvalue weighted by Gasteiger charge is 2.50. The monoisotopic (exact) mass is 585 g/mol. The van der Waals surface area contributed by atoms with E-state index in [1.54, 1.807) is 51.1 Å². The summed E-state index contributed by atoms with van der Waals surface area (Å²) in [4.78, 5) is 51.8. The lowest BCUT2D eigenvalue weighted by molar-refractivity contribution is -0.142. The van der Waals surface area contributed by atoms with Gasteiger partial charge in [0.1, 0.15) is 23.3 Å². The number of likely N-dealkylation sites (tertiary alicyclic amines) is 1. The van der Waals surface area contributed by atoms with Gasteiger partial charge in [-0.05, 0) is 75.6 Å². The largest absolute Gasteiger partial charge is 0.478 e. The van der Waals surface area contributed by atoms with Crippen LogP contribution >= 0.6 is 0 Å². The maximum atomic E-state index is 15.5. The fourth-order valence-electron chi connectivity index (χ4n) is 6.22. The van der Waals surface area contributed by atoms with Crippen molar-refractivity contribution in [2.45, 2.75) is 69.9 Å². The molecule has 1 heterocycles. The number of rotatable bonds is 7. The van der Waals surface area contributed by atoms with Crippen LogP contribution in [0.15, 0.2) is 42.5 Å². The topological polar surface area (TPSA) is 139 Å². The average molecular weight is 586 g/mol. The number of halogens is 2. The summed E-state index contributed by atoms with van der Waals surface area (Å²) in [5.41, 5.74) is 4.80. The molecule has 0 spiro atoms. The minimum Gasteiger partial charge on any atom is -0.478 e. The van der Waals surface area contributed by atoms with Crippen molar-refractivity contribution in [2.75, 3.05) is 13.1 Å². The Morgan fingerprint density at radius 1 is 1.05 bits per heavy atom. The minimum absolute atomic E-state index is 0.133. The molecule has 0 radical (unpaired) electrons. The van der Waals surface area contributed by atoms with Gasteiger partial charge in [0, 0.05) is 30.8 Å². The number of nitrogens with two attached hydrogens (primary N) is 1. The first-order valence-corrected chi connectivity index (χ1v) is 14.1. The smallest absolute Gasteiger partial charge is 0.407 e. The van der Waals surface area contributed by atoms with Crippen molar-refractivity contribution in [3.05, 3.63) is 70.8 Å². The molecule has 42 heavy (non-hydrogen) atoms. The number of amides is 3. The van der Waals surface area contributed by atoms with Gasteiger partial charge in [0.25, 0.3) is 0 Å². The van der Waals surface area contributed by atoms with E-state index in [1.807, 2.05) is 0 Å². The average Bonchev–Trinajstić information content (AvgIpc) is 3.33. The Kier molecular flexibility index (Phi) is 9.18. The van der Waals surface area contributed by atoms with E-state index in [1.165, 1.54) is 4.90 Å². The lowest BCUT2D eigenvalue weighted by atomic mass is 9.79. The van der Waals surface area contributed by atoms with Gasteiger partial charge >= 0.3 is 12.1 Å². The van der Waals surface area contributed by atoms with Gasteiger partial charge in [-0.25, -0.2) is 18.4 Å². The summed E-state index contributed by atoms with van der Waals surface area (Å²) < 4.78 is 35.3. The first-order valence-electron chi connectivity index (χ1n) is 14.1. The number of nitrogens with zero attached hydrogens (tertiary/aromatic N) is 1. The van der Waals surface area contributed by atoms with Gasteiger partial charge in [0.2, 0.25) is 11.8 Å². The number of carbonyl (C=O) groups is 4. The number of ether oxygens (including phenoxy) is 1. The van der Waals surface area contributed by atoms with Crippen LogP contribution in [0.1, 0.15) is 79.8 Å². The molecule has 2 fully saturated rings. The first kappa shape index (κ1) is 30.9. The van der Waals surface area contributed by atoms with Gasteiger partial charge in [0.15, 0.2) is 0 Å². The van der Waals surface area contributed by atoms with Gasteiger partial charge in [-0.1, -0.05) is 30.3 Å². The van der Waals surface area contributed by atoms with Crippen LogP contribution in [0.4, 0.5) is 13.6 Å². The van der Waals surface area contributed by atoms with Crippen molar-refractivity contribution >= 4 is 23.9 Å². The summed E-state index contributed by atoms with van der Waals surface area (Å²) in [6.07, 6.45) is 1.84. The van der Waals surface area contributed by atoms with E-state index < -0.39 is 64.6 Å². The zero-order chi connectivity index (χ0) is 30.8. The summed E-state index contributed by atoms with van der Waals surface area (Å²) in [5.74, 6) is -6.78. The zero-order valence-electron chi connectivity index (χ0n) is 23.9. The quantitative estimate of drug-likeness (QED) is 0.436. The standard InChI is InChI=1S/C31H37F2N3O6/c1-31(2,3)42-30(41)35-15-17-9-11-19(12-10-17)28(38)36-16-23(21-13-20(32)14-22(25(21)33)29(39)40)24(26(36)27(34)37)18-7-5-4-6-8-18/h4-8,13-14,17,19,23-24,26H,9-12,15-16H2,1-3H3,(H2,34,37)(H,35,41)(H,39,40)/t17?,19?,23?,24-,26-/m0/s1. The van der Waals surface area contributed by atoms with Crippen LogP contribution in [0.2, 0.25) is 0 Å². The SMILES string of the molecule is CC(C)(C)OC(=O)NCC1CCC(C(=O)N2CC(c3cc(F)cc(C(=O)O)c3F)[C@H](c3ccccc3)[C@H]2C(N)=O)CC1. The molecule has 1 unspecified atom stereocenters. The van der Waals surface area contributed by atoms with E-state index in [2.05, 4.69) is 5.32 Å². The predicted molar refractivity (Wildman–Crippen MR) is 150 cm³/mol. The van der Waals surface area contributed by atoms with E-state index in [0.717, 1.165) is 6.07 Å². The molecular weight excluding hydrogens is 548 g/mol. The van der Waals surface area contributed by atoms with E-state index in [4.69, 9.17) is 10.5 Å². The second-order valence-electron chi connectivity index (χ2n) is 12.1. The van der Waals surface area contributed by atoms with Crippen LogP contribution < -0.4 is 11.1 Å². The van der Waals surface area contributed by atoms with Crippen molar-refractivity contribution in [3.63, 3.8) is 0 Å². The van der Waals surface area contributed by atoms with E-state index in [0.29, 0.717) is 43.9 Å². The van der Waals surface area contributed by atoms with Gasteiger partial charge < -0.3 is 25.8 Å². The van der Waals surface area contributed by atoms with Gasteiger partial charge in [0.05, 0.1) is 5.56 Å².